The minimum atomic E-state index is 0.787. The molecule has 2 N–H and O–H groups in total. The van der Waals surface area contributed by atoms with E-state index in [4.69, 9.17) is 5.73 Å². The van der Waals surface area contributed by atoms with E-state index in [9.17, 15) is 0 Å². The number of hydrogen-bond donors (Lipinski definition) is 1. The van der Waals surface area contributed by atoms with Crippen molar-refractivity contribution in [3.8, 4) is 0 Å². The average Bonchev–Trinajstić information content (AvgIpc) is 2.61. The summed E-state index contributed by atoms with van der Waals surface area (Å²) in [5, 5.41) is 0. The molecule has 3 aliphatic rings. The highest BCUT2D eigenvalue weighted by Gasteiger charge is 2.42. The maximum absolute atomic E-state index is 5.94. The third-order valence-electron chi connectivity index (χ3n) is 3.35. The molecular formula is C11H14N2. The van der Waals surface area contributed by atoms with Crippen molar-refractivity contribution >= 4 is 11.4 Å². The number of para-hydroxylation sites is 2. The van der Waals surface area contributed by atoms with Crippen molar-refractivity contribution in [3.63, 3.8) is 0 Å². The quantitative estimate of drug-likeness (QED) is 0.658. The smallest absolute Gasteiger partial charge is 0.0602 e. The van der Waals surface area contributed by atoms with Crippen molar-refractivity contribution in [2.75, 3.05) is 17.2 Å². The minimum absolute atomic E-state index is 0.787. The number of anilines is 2. The van der Waals surface area contributed by atoms with Gasteiger partial charge in [-0.15, -0.1) is 0 Å². The number of hydrogen-bond acceptors (Lipinski definition) is 2. The van der Waals surface area contributed by atoms with E-state index in [0.717, 1.165) is 17.6 Å². The molecule has 68 valence electrons. The van der Waals surface area contributed by atoms with Crippen LogP contribution in [-0.4, -0.2) is 12.6 Å². The summed E-state index contributed by atoms with van der Waals surface area (Å²) < 4.78 is 0. The van der Waals surface area contributed by atoms with Crippen LogP contribution in [0.3, 0.4) is 0 Å². The van der Waals surface area contributed by atoms with E-state index >= 15 is 0 Å². The fraction of sp³-hybridized carbons (Fsp3) is 0.455. The second kappa shape index (κ2) is 2.41. The lowest BCUT2D eigenvalue weighted by atomic mass is 9.86. The Balaban J connectivity index is 1.96. The third-order valence-corrected chi connectivity index (χ3v) is 3.35. The lowest BCUT2D eigenvalue weighted by Gasteiger charge is -2.28. The third kappa shape index (κ3) is 0.947. The molecule has 3 fully saturated rings. The molecule has 0 spiro atoms. The number of fused-ring (bicyclic) bond motifs is 1. The van der Waals surface area contributed by atoms with Crippen molar-refractivity contribution in [1.29, 1.82) is 0 Å². The van der Waals surface area contributed by atoms with Gasteiger partial charge in [0.25, 0.3) is 0 Å². The second-order valence-corrected chi connectivity index (χ2v) is 4.20. The van der Waals surface area contributed by atoms with Gasteiger partial charge in [-0.25, -0.2) is 0 Å². The molecule has 2 aliphatic heterocycles. The van der Waals surface area contributed by atoms with Gasteiger partial charge in [-0.2, -0.15) is 0 Å². The fourth-order valence-corrected chi connectivity index (χ4v) is 2.58. The van der Waals surface area contributed by atoms with Gasteiger partial charge in [0, 0.05) is 12.6 Å². The Bertz CT molecular complexity index is 329. The van der Waals surface area contributed by atoms with E-state index in [0.29, 0.717) is 0 Å². The molecule has 1 aromatic rings. The molecule has 4 rings (SSSR count). The first kappa shape index (κ1) is 7.25. The maximum atomic E-state index is 5.94. The molecule has 1 aliphatic carbocycles. The molecule has 2 bridgehead atoms. The Hall–Kier alpha value is -1.18. The molecule has 0 amide bonds. The van der Waals surface area contributed by atoms with Gasteiger partial charge in [-0.05, 0) is 30.9 Å². The van der Waals surface area contributed by atoms with Gasteiger partial charge in [-0.1, -0.05) is 12.1 Å². The predicted molar refractivity (Wildman–Crippen MR) is 54.7 cm³/mol. The number of benzene rings is 1. The first-order chi connectivity index (χ1) is 6.34. The molecule has 0 unspecified atom stereocenters. The van der Waals surface area contributed by atoms with Crippen molar-refractivity contribution in [3.05, 3.63) is 24.3 Å². The molecule has 2 heterocycles. The van der Waals surface area contributed by atoms with Gasteiger partial charge in [0.05, 0.1) is 11.4 Å². The van der Waals surface area contributed by atoms with Gasteiger partial charge < -0.3 is 10.6 Å². The van der Waals surface area contributed by atoms with E-state index < -0.39 is 0 Å². The Kier molecular flexibility index (Phi) is 1.34. The van der Waals surface area contributed by atoms with Crippen LogP contribution in [-0.2, 0) is 0 Å². The summed E-state index contributed by atoms with van der Waals surface area (Å²) in [4.78, 5) is 2.47. The van der Waals surface area contributed by atoms with Crippen LogP contribution >= 0.6 is 0 Å². The highest BCUT2D eigenvalue weighted by Crippen LogP contribution is 2.44. The number of nitrogens with zero attached hydrogens (tertiary/aromatic N) is 1. The molecule has 1 saturated carbocycles. The van der Waals surface area contributed by atoms with Gasteiger partial charge >= 0.3 is 0 Å². The normalized spacial score (nSPS) is 30.3. The largest absolute Gasteiger partial charge is 0.397 e. The van der Waals surface area contributed by atoms with Crippen LogP contribution in [0.1, 0.15) is 12.8 Å². The van der Waals surface area contributed by atoms with Crippen molar-refractivity contribution in [2.24, 2.45) is 5.92 Å². The molecular weight excluding hydrogens is 160 g/mol. The van der Waals surface area contributed by atoms with E-state index in [1.807, 2.05) is 12.1 Å². The Morgan fingerprint density at radius 2 is 2.00 bits per heavy atom. The number of nitrogen functional groups attached to an aromatic ring is 1. The SMILES string of the molecule is Nc1ccccc1N1CC2CC1C2. The zero-order chi connectivity index (χ0) is 8.84. The van der Waals surface area contributed by atoms with Crippen molar-refractivity contribution < 1.29 is 0 Å². The summed E-state index contributed by atoms with van der Waals surface area (Å²) in [6.07, 6.45) is 2.77. The Labute approximate surface area is 78.3 Å². The molecule has 13 heavy (non-hydrogen) atoms. The number of nitrogens with two attached hydrogens (primary N) is 1. The first-order valence-corrected chi connectivity index (χ1v) is 4.96. The maximum Gasteiger partial charge on any atom is 0.0602 e. The molecule has 2 nitrogen and oxygen atoms in total. The van der Waals surface area contributed by atoms with Crippen LogP contribution < -0.4 is 10.6 Å². The van der Waals surface area contributed by atoms with Crippen molar-refractivity contribution in [1.82, 2.24) is 0 Å². The summed E-state index contributed by atoms with van der Waals surface area (Å²) in [5.74, 6) is 0.949. The van der Waals surface area contributed by atoms with Crippen LogP contribution in [0, 0.1) is 5.92 Å². The van der Waals surface area contributed by atoms with E-state index in [1.54, 1.807) is 0 Å². The summed E-state index contributed by atoms with van der Waals surface area (Å²) in [5.41, 5.74) is 8.11. The number of rotatable bonds is 1. The zero-order valence-electron chi connectivity index (χ0n) is 7.61. The lowest BCUT2D eigenvalue weighted by Crippen LogP contribution is -2.28. The standard InChI is InChI=1S/C11H14N2/c12-10-3-1-2-4-11(10)13-7-8-5-9(13)6-8/h1-4,8-9H,5-7,12H2. The monoisotopic (exact) mass is 174 g/mol. The van der Waals surface area contributed by atoms with Crippen LogP contribution in [0.25, 0.3) is 0 Å². The molecule has 0 atom stereocenters. The van der Waals surface area contributed by atoms with Crippen LogP contribution in [0.5, 0.6) is 0 Å². The Morgan fingerprint density at radius 3 is 2.62 bits per heavy atom. The van der Waals surface area contributed by atoms with Crippen LogP contribution in [0.15, 0.2) is 24.3 Å². The molecule has 2 saturated heterocycles. The van der Waals surface area contributed by atoms with Gasteiger partial charge in [0.2, 0.25) is 0 Å². The predicted octanol–water partition coefficient (Wildman–Crippen LogP) is 1.87. The topological polar surface area (TPSA) is 29.3 Å². The van der Waals surface area contributed by atoms with Crippen molar-refractivity contribution in [2.45, 2.75) is 18.9 Å². The van der Waals surface area contributed by atoms with Crippen LogP contribution in [0.2, 0.25) is 0 Å². The molecule has 0 radical (unpaired) electrons. The Morgan fingerprint density at radius 1 is 1.23 bits per heavy atom. The summed E-state index contributed by atoms with van der Waals surface area (Å²) in [6.45, 7) is 1.22. The first-order valence-electron chi connectivity index (χ1n) is 4.96. The highest BCUT2D eigenvalue weighted by molar-refractivity contribution is 5.68. The summed E-state index contributed by atoms with van der Waals surface area (Å²) in [7, 11) is 0. The highest BCUT2D eigenvalue weighted by atomic mass is 15.2. The fourth-order valence-electron chi connectivity index (χ4n) is 2.58. The average molecular weight is 174 g/mol. The van der Waals surface area contributed by atoms with E-state index in [-0.39, 0.29) is 0 Å². The van der Waals surface area contributed by atoms with Gasteiger partial charge in [-0.3, -0.25) is 0 Å². The lowest BCUT2D eigenvalue weighted by molar-refractivity contribution is 0.381. The van der Waals surface area contributed by atoms with Crippen LogP contribution in [0.4, 0.5) is 11.4 Å². The summed E-state index contributed by atoms with van der Waals surface area (Å²) >= 11 is 0. The molecule has 0 aromatic heterocycles. The second-order valence-electron chi connectivity index (χ2n) is 4.20. The van der Waals surface area contributed by atoms with Gasteiger partial charge in [0.1, 0.15) is 0 Å². The van der Waals surface area contributed by atoms with E-state index in [1.165, 1.54) is 25.1 Å². The minimum Gasteiger partial charge on any atom is -0.397 e. The van der Waals surface area contributed by atoms with Gasteiger partial charge in [0.15, 0.2) is 0 Å². The molecule has 2 heteroatoms. The summed E-state index contributed by atoms with van der Waals surface area (Å²) in [6, 6.07) is 8.98. The molecule has 1 aromatic carbocycles. The zero-order valence-corrected chi connectivity index (χ0v) is 7.61. The van der Waals surface area contributed by atoms with E-state index in [2.05, 4.69) is 17.0 Å².